The third-order valence-corrected chi connectivity index (χ3v) is 4.41. The molecule has 1 saturated carbocycles. The molecule has 2 N–H and O–H groups in total. The Balaban J connectivity index is 1.73. The lowest BCUT2D eigenvalue weighted by Gasteiger charge is -2.22. The van der Waals surface area contributed by atoms with Gasteiger partial charge in [-0.05, 0) is 29.2 Å². The van der Waals surface area contributed by atoms with Crippen LogP contribution in [0.25, 0.3) is 10.8 Å². The number of hydrogen-bond donors (Lipinski definition) is 2. The Morgan fingerprint density at radius 3 is 2.70 bits per heavy atom. The first-order valence-electron chi connectivity index (χ1n) is 7.73. The molecule has 2 unspecified atom stereocenters. The highest BCUT2D eigenvalue weighted by molar-refractivity contribution is 5.85. The Hall–Kier alpha value is -1.38. The van der Waals surface area contributed by atoms with Gasteiger partial charge in [0.1, 0.15) is 0 Å². The van der Waals surface area contributed by atoms with Crippen LogP contribution in [0, 0.1) is 0 Å². The summed E-state index contributed by atoms with van der Waals surface area (Å²) in [6.45, 7) is 0.836. The van der Waals surface area contributed by atoms with E-state index < -0.39 is 0 Å². The summed E-state index contributed by atoms with van der Waals surface area (Å²) in [7, 11) is 0. The Labute approximate surface area is 120 Å². The molecule has 20 heavy (non-hydrogen) atoms. The van der Waals surface area contributed by atoms with Crippen LogP contribution < -0.4 is 5.32 Å². The fourth-order valence-corrected chi connectivity index (χ4v) is 3.21. The van der Waals surface area contributed by atoms with Crippen LogP contribution in [0.5, 0.6) is 0 Å². The van der Waals surface area contributed by atoms with E-state index in [1.807, 2.05) is 0 Å². The minimum atomic E-state index is -0.188. The molecule has 0 aliphatic heterocycles. The van der Waals surface area contributed by atoms with Crippen LogP contribution in [0.15, 0.2) is 42.5 Å². The molecule has 106 valence electrons. The second kappa shape index (κ2) is 6.38. The summed E-state index contributed by atoms with van der Waals surface area (Å²) in [5.41, 5.74) is 1.32. The first-order chi connectivity index (χ1) is 9.84. The van der Waals surface area contributed by atoms with Crippen LogP contribution in [0.3, 0.4) is 0 Å². The van der Waals surface area contributed by atoms with Crippen molar-refractivity contribution in [2.75, 3.05) is 0 Å². The molecule has 0 spiro atoms. The average molecular weight is 269 g/mol. The van der Waals surface area contributed by atoms with Crippen LogP contribution >= 0.6 is 0 Å². The summed E-state index contributed by atoms with van der Waals surface area (Å²) in [5.74, 6) is 0. The Bertz CT molecular complexity index is 561. The maximum atomic E-state index is 10.2. The zero-order valence-electron chi connectivity index (χ0n) is 11.9. The van der Waals surface area contributed by atoms with Crippen LogP contribution in [-0.4, -0.2) is 17.3 Å². The highest BCUT2D eigenvalue weighted by Gasteiger charge is 2.20. The predicted octanol–water partition coefficient (Wildman–Crippen LogP) is 3.62. The van der Waals surface area contributed by atoms with Gasteiger partial charge in [-0.15, -0.1) is 0 Å². The lowest BCUT2D eigenvalue weighted by atomic mass is 10.0. The van der Waals surface area contributed by atoms with Crippen LogP contribution in [0.2, 0.25) is 0 Å². The van der Waals surface area contributed by atoms with E-state index in [2.05, 4.69) is 47.8 Å². The van der Waals surface area contributed by atoms with E-state index in [4.69, 9.17) is 0 Å². The fraction of sp³-hybridized carbons (Fsp3) is 0.444. The van der Waals surface area contributed by atoms with Gasteiger partial charge >= 0.3 is 0 Å². The van der Waals surface area contributed by atoms with Gasteiger partial charge in [0.2, 0.25) is 0 Å². The number of fused-ring (bicyclic) bond motifs is 1. The van der Waals surface area contributed by atoms with Crippen molar-refractivity contribution in [1.29, 1.82) is 0 Å². The van der Waals surface area contributed by atoms with Gasteiger partial charge in [-0.25, -0.2) is 0 Å². The molecule has 2 atom stereocenters. The third-order valence-electron chi connectivity index (χ3n) is 4.41. The monoisotopic (exact) mass is 269 g/mol. The van der Waals surface area contributed by atoms with Gasteiger partial charge in [0, 0.05) is 12.6 Å². The van der Waals surface area contributed by atoms with Crippen molar-refractivity contribution < 1.29 is 5.11 Å². The molecule has 2 heteroatoms. The molecule has 1 aliphatic rings. The molecule has 0 amide bonds. The second-order valence-corrected chi connectivity index (χ2v) is 5.83. The van der Waals surface area contributed by atoms with Gasteiger partial charge in [0.15, 0.2) is 0 Å². The highest BCUT2D eigenvalue weighted by Crippen LogP contribution is 2.21. The van der Waals surface area contributed by atoms with E-state index in [-0.39, 0.29) is 12.1 Å². The maximum Gasteiger partial charge on any atom is 0.0693 e. The van der Waals surface area contributed by atoms with Crippen molar-refractivity contribution in [2.45, 2.75) is 50.8 Å². The molecule has 0 saturated heterocycles. The summed E-state index contributed by atoms with van der Waals surface area (Å²) >= 11 is 0. The number of hydrogen-bond acceptors (Lipinski definition) is 2. The molecule has 1 fully saturated rings. The number of aliphatic hydroxyl groups excluding tert-OH is 1. The zero-order chi connectivity index (χ0) is 13.8. The standard InChI is InChI=1S/C18H23NO/c20-18-12-3-1-2-11-17(18)19-13-15-9-6-8-14-7-4-5-10-16(14)15/h4-10,17-20H,1-3,11-13H2. The molecule has 2 nitrogen and oxygen atoms in total. The second-order valence-electron chi connectivity index (χ2n) is 5.83. The van der Waals surface area contributed by atoms with Crippen molar-refractivity contribution in [3.05, 3.63) is 48.0 Å². The van der Waals surface area contributed by atoms with Gasteiger partial charge < -0.3 is 10.4 Å². The molecule has 3 rings (SSSR count). The van der Waals surface area contributed by atoms with E-state index >= 15 is 0 Å². The largest absolute Gasteiger partial charge is 0.392 e. The quantitative estimate of drug-likeness (QED) is 0.834. The highest BCUT2D eigenvalue weighted by atomic mass is 16.3. The van der Waals surface area contributed by atoms with Crippen LogP contribution in [-0.2, 0) is 6.54 Å². The van der Waals surface area contributed by atoms with E-state index in [0.717, 1.165) is 25.8 Å². The van der Waals surface area contributed by atoms with E-state index in [1.165, 1.54) is 29.2 Å². The molecule has 0 heterocycles. The first-order valence-corrected chi connectivity index (χ1v) is 7.73. The summed E-state index contributed by atoms with van der Waals surface area (Å²) < 4.78 is 0. The van der Waals surface area contributed by atoms with E-state index in [9.17, 15) is 5.11 Å². The minimum absolute atomic E-state index is 0.188. The smallest absolute Gasteiger partial charge is 0.0693 e. The fourth-order valence-electron chi connectivity index (χ4n) is 3.21. The SMILES string of the molecule is OC1CCCCCC1NCc1cccc2ccccc12. The number of aliphatic hydroxyl groups is 1. The number of nitrogens with one attached hydrogen (secondary N) is 1. The molecular weight excluding hydrogens is 246 g/mol. The molecule has 0 bridgehead atoms. The molecule has 2 aromatic rings. The lowest BCUT2D eigenvalue weighted by molar-refractivity contribution is 0.119. The van der Waals surface area contributed by atoms with Gasteiger partial charge in [0.25, 0.3) is 0 Å². The number of rotatable bonds is 3. The summed E-state index contributed by atoms with van der Waals surface area (Å²) in [6.07, 6.45) is 5.48. The third kappa shape index (κ3) is 3.02. The van der Waals surface area contributed by atoms with Crippen molar-refractivity contribution >= 4 is 10.8 Å². The molecular formula is C18H23NO. The van der Waals surface area contributed by atoms with Gasteiger partial charge in [-0.1, -0.05) is 61.7 Å². The Kier molecular flexibility index (Phi) is 4.34. The predicted molar refractivity (Wildman–Crippen MR) is 83.7 cm³/mol. The maximum absolute atomic E-state index is 10.2. The summed E-state index contributed by atoms with van der Waals surface area (Å²) in [6, 6.07) is 15.2. The van der Waals surface area contributed by atoms with Crippen molar-refractivity contribution in [3.63, 3.8) is 0 Å². The first kappa shape index (κ1) is 13.6. The minimum Gasteiger partial charge on any atom is -0.392 e. The van der Waals surface area contributed by atoms with Crippen molar-refractivity contribution in [1.82, 2.24) is 5.32 Å². The van der Waals surface area contributed by atoms with Gasteiger partial charge in [0.05, 0.1) is 6.10 Å². The lowest BCUT2D eigenvalue weighted by Crippen LogP contribution is -2.38. The van der Waals surface area contributed by atoms with Gasteiger partial charge in [-0.2, -0.15) is 0 Å². The van der Waals surface area contributed by atoms with E-state index in [0.29, 0.717) is 0 Å². The zero-order valence-corrected chi connectivity index (χ0v) is 11.9. The molecule has 0 radical (unpaired) electrons. The Morgan fingerprint density at radius 2 is 1.75 bits per heavy atom. The normalized spacial score (nSPS) is 23.6. The van der Waals surface area contributed by atoms with Crippen molar-refractivity contribution in [3.8, 4) is 0 Å². The summed E-state index contributed by atoms with van der Waals surface area (Å²) in [4.78, 5) is 0. The molecule has 2 aromatic carbocycles. The topological polar surface area (TPSA) is 32.3 Å². The van der Waals surface area contributed by atoms with Crippen LogP contribution in [0.1, 0.15) is 37.7 Å². The van der Waals surface area contributed by atoms with Crippen molar-refractivity contribution in [2.24, 2.45) is 0 Å². The van der Waals surface area contributed by atoms with Gasteiger partial charge in [-0.3, -0.25) is 0 Å². The summed E-state index contributed by atoms with van der Waals surface area (Å²) in [5, 5.41) is 16.3. The van der Waals surface area contributed by atoms with E-state index in [1.54, 1.807) is 0 Å². The Morgan fingerprint density at radius 1 is 0.950 bits per heavy atom. The van der Waals surface area contributed by atoms with Crippen LogP contribution in [0.4, 0.5) is 0 Å². The number of benzene rings is 2. The molecule has 1 aliphatic carbocycles. The average Bonchev–Trinajstić information content (AvgIpc) is 2.69. The molecule has 0 aromatic heterocycles.